The van der Waals surface area contributed by atoms with Crippen LogP contribution in [0.1, 0.15) is 34.5 Å². The van der Waals surface area contributed by atoms with Crippen LogP contribution in [0.2, 0.25) is 5.02 Å². The quantitative estimate of drug-likeness (QED) is 0.743. The first-order chi connectivity index (χ1) is 12.1. The molecule has 0 saturated heterocycles. The number of aromatic nitrogens is 1. The van der Waals surface area contributed by atoms with Gasteiger partial charge < -0.3 is 5.32 Å². The first-order valence-corrected chi connectivity index (χ1v) is 8.86. The predicted molar refractivity (Wildman–Crippen MR) is 101 cm³/mol. The molecule has 1 amide bonds. The number of carbonyl (C=O) groups is 1. The Kier molecular flexibility index (Phi) is 3.97. The minimum atomic E-state index is -0.0749. The van der Waals surface area contributed by atoms with E-state index in [1.54, 1.807) is 0 Å². The Morgan fingerprint density at radius 1 is 1.16 bits per heavy atom. The number of benzene rings is 2. The van der Waals surface area contributed by atoms with Gasteiger partial charge in [-0.05, 0) is 49.6 Å². The van der Waals surface area contributed by atoms with Gasteiger partial charge in [-0.15, -0.1) is 0 Å². The molecule has 1 aliphatic rings. The Labute approximate surface area is 152 Å². The summed E-state index contributed by atoms with van der Waals surface area (Å²) in [5, 5.41) is 4.63. The number of amides is 1. The van der Waals surface area contributed by atoms with E-state index in [1.807, 2.05) is 37.3 Å². The number of carbonyl (C=O) groups excluding carboxylic acids is 1. The van der Waals surface area contributed by atoms with E-state index in [4.69, 9.17) is 11.6 Å². The maximum Gasteiger partial charge on any atom is 0.253 e. The van der Waals surface area contributed by atoms with Gasteiger partial charge in [0.05, 0.1) is 16.8 Å². The zero-order valence-corrected chi connectivity index (χ0v) is 14.8. The van der Waals surface area contributed by atoms with Gasteiger partial charge in [-0.1, -0.05) is 41.9 Å². The van der Waals surface area contributed by atoms with E-state index in [2.05, 4.69) is 34.6 Å². The maximum atomic E-state index is 12.7. The number of hydrogen-bond donors (Lipinski definition) is 1. The summed E-state index contributed by atoms with van der Waals surface area (Å²) in [7, 11) is 0. The van der Waals surface area contributed by atoms with Crippen LogP contribution in [-0.4, -0.2) is 17.4 Å². The van der Waals surface area contributed by atoms with E-state index in [-0.39, 0.29) is 11.3 Å². The van der Waals surface area contributed by atoms with Gasteiger partial charge in [0.15, 0.2) is 0 Å². The number of nitrogens with one attached hydrogen (secondary N) is 1. The Morgan fingerprint density at radius 2 is 1.92 bits per heavy atom. The van der Waals surface area contributed by atoms with Crippen molar-refractivity contribution in [1.29, 1.82) is 0 Å². The van der Waals surface area contributed by atoms with Gasteiger partial charge in [0.25, 0.3) is 5.91 Å². The summed E-state index contributed by atoms with van der Waals surface area (Å²) in [6.45, 7) is 2.52. The second-order valence-electron chi connectivity index (χ2n) is 6.79. The highest BCUT2D eigenvalue weighted by atomic mass is 35.5. The summed E-state index contributed by atoms with van der Waals surface area (Å²) in [6, 6.07) is 17.8. The number of halogens is 1. The second kappa shape index (κ2) is 6.16. The Bertz CT molecular complexity index is 949. The zero-order valence-electron chi connectivity index (χ0n) is 14.1. The fourth-order valence-electron chi connectivity index (χ4n) is 3.33. The molecule has 4 heteroatoms. The molecule has 25 heavy (non-hydrogen) atoms. The SMILES string of the molecule is Cc1nc2ccc(Cl)cc2cc1C(=O)NCC1(c2ccccc2)CC1. The van der Waals surface area contributed by atoms with Crippen molar-refractivity contribution in [2.45, 2.75) is 25.2 Å². The average Bonchev–Trinajstić information content (AvgIpc) is 3.41. The van der Waals surface area contributed by atoms with Crippen molar-refractivity contribution in [3.05, 3.63) is 76.4 Å². The lowest BCUT2D eigenvalue weighted by atomic mass is 9.96. The molecule has 1 N–H and O–H groups in total. The molecule has 1 fully saturated rings. The van der Waals surface area contributed by atoms with Crippen LogP contribution in [0.25, 0.3) is 10.9 Å². The Balaban J connectivity index is 1.55. The van der Waals surface area contributed by atoms with Gasteiger partial charge in [-0.3, -0.25) is 9.78 Å². The monoisotopic (exact) mass is 350 g/mol. The molecule has 4 rings (SSSR count). The largest absolute Gasteiger partial charge is 0.351 e. The van der Waals surface area contributed by atoms with E-state index in [0.717, 1.165) is 29.4 Å². The zero-order chi connectivity index (χ0) is 17.4. The van der Waals surface area contributed by atoms with Gasteiger partial charge in [0, 0.05) is 22.4 Å². The molecule has 0 bridgehead atoms. The molecular formula is C21H19ClN2O. The summed E-state index contributed by atoms with van der Waals surface area (Å²) in [6.07, 6.45) is 2.23. The van der Waals surface area contributed by atoms with Gasteiger partial charge in [-0.25, -0.2) is 0 Å². The Hall–Kier alpha value is -2.39. The molecule has 3 aromatic rings. The third-order valence-electron chi connectivity index (χ3n) is 5.04. The highest BCUT2D eigenvalue weighted by Gasteiger charge is 2.44. The van der Waals surface area contributed by atoms with E-state index in [9.17, 15) is 4.79 Å². The van der Waals surface area contributed by atoms with E-state index >= 15 is 0 Å². The number of nitrogens with zero attached hydrogens (tertiary/aromatic N) is 1. The molecule has 3 nitrogen and oxygen atoms in total. The van der Waals surface area contributed by atoms with Crippen LogP contribution in [0.15, 0.2) is 54.6 Å². The fourth-order valence-corrected chi connectivity index (χ4v) is 3.51. The van der Waals surface area contributed by atoms with Gasteiger partial charge >= 0.3 is 0 Å². The molecule has 0 aliphatic heterocycles. The summed E-state index contributed by atoms with van der Waals surface area (Å²) in [5.74, 6) is -0.0749. The smallest absolute Gasteiger partial charge is 0.253 e. The van der Waals surface area contributed by atoms with Crippen LogP contribution in [0.4, 0.5) is 0 Å². The number of aryl methyl sites for hydroxylation is 1. The lowest BCUT2D eigenvalue weighted by Gasteiger charge is -2.17. The average molecular weight is 351 g/mol. The van der Waals surface area contributed by atoms with Crippen molar-refractivity contribution >= 4 is 28.4 Å². The van der Waals surface area contributed by atoms with Crippen molar-refractivity contribution in [2.24, 2.45) is 0 Å². The molecule has 2 aromatic carbocycles. The van der Waals surface area contributed by atoms with Crippen LogP contribution < -0.4 is 5.32 Å². The predicted octanol–water partition coefficient (Wildman–Crippen LogP) is 4.66. The molecule has 0 unspecified atom stereocenters. The summed E-state index contributed by atoms with van der Waals surface area (Å²) in [5.41, 5.74) is 3.59. The molecule has 1 aliphatic carbocycles. The maximum absolute atomic E-state index is 12.7. The van der Waals surface area contributed by atoms with Gasteiger partial charge in [0.2, 0.25) is 0 Å². The van der Waals surface area contributed by atoms with Crippen LogP contribution >= 0.6 is 11.6 Å². The number of rotatable bonds is 4. The molecule has 0 atom stereocenters. The molecule has 1 saturated carbocycles. The molecule has 0 spiro atoms. The van der Waals surface area contributed by atoms with Crippen LogP contribution in [-0.2, 0) is 5.41 Å². The van der Waals surface area contributed by atoms with Crippen molar-refractivity contribution in [1.82, 2.24) is 10.3 Å². The summed E-state index contributed by atoms with van der Waals surface area (Å²) < 4.78 is 0. The third-order valence-corrected chi connectivity index (χ3v) is 5.27. The summed E-state index contributed by atoms with van der Waals surface area (Å²) in [4.78, 5) is 17.3. The molecule has 1 aromatic heterocycles. The van der Waals surface area contributed by atoms with Crippen LogP contribution in [0.5, 0.6) is 0 Å². The highest BCUT2D eigenvalue weighted by molar-refractivity contribution is 6.31. The number of pyridine rings is 1. The lowest BCUT2D eigenvalue weighted by molar-refractivity contribution is 0.0949. The van der Waals surface area contributed by atoms with E-state index in [1.165, 1.54) is 5.56 Å². The molecule has 1 heterocycles. The number of hydrogen-bond acceptors (Lipinski definition) is 2. The van der Waals surface area contributed by atoms with Crippen molar-refractivity contribution < 1.29 is 4.79 Å². The summed E-state index contributed by atoms with van der Waals surface area (Å²) >= 11 is 6.06. The van der Waals surface area contributed by atoms with Gasteiger partial charge in [-0.2, -0.15) is 0 Å². The molecule has 126 valence electrons. The third kappa shape index (κ3) is 3.12. The van der Waals surface area contributed by atoms with E-state index in [0.29, 0.717) is 17.1 Å². The van der Waals surface area contributed by atoms with Crippen molar-refractivity contribution in [3.8, 4) is 0 Å². The van der Waals surface area contributed by atoms with Crippen LogP contribution in [0, 0.1) is 6.92 Å². The van der Waals surface area contributed by atoms with Crippen molar-refractivity contribution in [3.63, 3.8) is 0 Å². The first-order valence-electron chi connectivity index (χ1n) is 8.48. The fraction of sp³-hybridized carbons (Fsp3) is 0.238. The topological polar surface area (TPSA) is 42.0 Å². The second-order valence-corrected chi connectivity index (χ2v) is 7.22. The lowest BCUT2D eigenvalue weighted by Crippen LogP contribution is -2.32. The minimum Gasteiger partial charge on any atom is -0.351 e. The van der Waals surface area contributed by atoms with Crippen molar-refractivity contribution in [2.75, 3.05) is 6.54 Å². The highest BCUT2D eigenvalue weighted by Crippen LogP contribution is 2.47. The molecule has 0 radical (unpaired) electrons. The number of fused-ring (bicyclic) bond motifs is 1. The minimum absolute atomic E-state index is 0.0749. The Morgan fingerprint density at radius 3 is 2.64 bits per heavy atom. The first kappa shape index (κ1) is 16.1. The van der Waals surface area contributed by atoms with E-state index < -0.39 is 0 Å². The van der Waals surface area contributed by atoms with Gasteiger partial charge in [0.1, 0.15) is 0 Å². The normalized spacial score (nSPS) is 15.1. The standard InChI is InChI=1S/C21H19ClN2O/c1-14-18(12-15-11-17(22)7-8-19(15)24-14)20(25)23-13-21(9-10-21)16-5-3-2-4-6-16/h2-8,11-12H,9-10,13H2,1H3,(H,23,25). The molecular weight excluding hydrogens is 332 g/mol. The van der Waals surface area contributed by atoms with Crippen LogP contribution in [0.3, 0.4) is 0 Å².